The van der Waals surface area contributed by atoms with Gasteiger partial charge < -0.3 is 5.32 Å². The molecule has 0 aromatic carbocycles. The first-order valence-corrected chi connectivity index (χ1v) is 7.30. The maximum atomic E-state index is 4.67. The normalized spacial score (nSPS) is 19.9. The second-order valence-electron chi connectivity index (χ2n) is 5.54. The van der Waals surface area contributed by atoms with Crippen LogP contribution in [0, 0.1) is 5.92 Å². The van der Waals surface area contributed by atoms with Gasteiger partial charge in [0, 0.05) is 20.6 Å². The van der Waals surface area contributed by atoms with Gasteiger partial charge >= 0.3 is 0 Å². The van der Waals surface area contributed by atoms with Crippen LogP contribution in [0.1, 0.15) is 25.6 Å². The zero-order valence-corrected chi connectivity index (χ0v) is 12.4. The molecule has 1 unspecified atom stereocenters. The molecule has 2 aromatic heterocycles. The fourth-order valence-electron chi connectivity index (χ4n) is 2.92. The first-order chi connectivity index (χ1) is 9.71. The van der Waals surface area contributed by atoms with Crippen molar-refractivity contribution in [2.45, 2.75) is 26.3 Å². The highest BCUT2D eigenvalue weighted by atomic mass is 15.3. The van der Waals surface area contributed by atoms with Crippen LogP contribution in [0.25, 0.3) is 11.0 Å². The molecule has 1 atom stereocenters. The monoisotopic (exact) mass is 274 g/mol. The molecule has 0 aliphatic carbocycles. The van der Waals surface area contributed by atoms with Crippen LogP contribution in [-0.2, 0) is 13.6 Å². The van der Waals surface area contributed by atoms with Crippen molar-refractivity contribution in [1.82, 2.24) is 24.6 Å². The third kappa shape index (κ3) is 2.35. The Morgan fingerprint density at radius 3 is 2.95 bits per heavy atom. The molecule has 1 aliphatic rings. The van der Waals surface area contributed by atoms with Gasteiger partial charge in [-0.2, -0.15) is 5.10 Å². The molecule has 108 valence electrons. The van der Waals surface area contributed by atoms with Gasteiger partial charge in [-0.1, -0.05) is 13.3 Å². The molecule has 1 fully saturated rings. The highest BCUT2D eigenvalue weighted by Gasteiger charge is 2.22. The van der Waals surface area contributed by atoms with E-state index in [0.29, 0.717) is 0 Å². The molecule has 6 heteroatoms. The standard InChI is InChI=1S/C14H22N6/c1-4-10-5-6-20(8-10)9-12-17-13(15-2)11-7-16-19(3)14(11)18-12/h7,10H,4-6,8-9H2,1-3H3,(H,15,17,18). The van der Waals surface area contributed by atoms with E-state index >= 15 is 0 Å². The number of anilines is 1. The summed E-state index contributed by atoms with van der Waals surface area (Å²) in [5, 5.41) is 8.39. The fourth-order valence-corrected chi connectivity index (χ4v) is 2.92. The molecule has 2 aromatic rings. The largest absolute Gasteiger partial charge is 0.372 e. The molecule has 1 saturated heterocycles. The summed E-state index contributed by atoms with van der Waals surface area (Å²) in [6.45, 7) is 5.41. The molecular weight excluding hydrogens is 252 g/mol. The Hall–Kier alpha value is -1.69. The summed E-state index contributed by atoms with van der Waals surface area (Å²) in [6, 6.07) is 0. The Kier molecular flexibility index (Phi) is 3.56. The van der Waals surface area contributed by atoms with Gasteiger partial charge in [-0.3, -0.25) is 9.58 Å². The predicted octanol–water partition coefficient (Wildman–Crippen LogP) is 1.64. The molecule has 3 heterocycles. The van der Waals surface area contributed by atoms with Crippen molar-refractivity contribution in [3.8, 4) is 0 Å². The van der Waals surface area contributed by atoms with Crippen LogP contribution in [0.5, 0.6) is 0 Å². The van der Waals surface area contributed by atoms with E-state index in [4.69, 9.17) is 0 Å². The Bertz CT molecular complexity index is 605. The van der Waals surface area contributed by atoms with Crippen LogP contribution in [0.2, 0.25) is 0 Å². The van der Waals surface area contributed by atoms with Crippen LogP contribution in [-0.4, -0.2) is 44.8 Å². The van der Waals surface area contributed by atoms with E-state index in [1.165, 1.54) is 12.8 Å². The third-order valence-corrected chi connectivity index (χ3v) is 4.19. The lowest BCUT2D eigenvalue weighted by Gasteiger charge is -2.15. The lowest BCUT2D eigenvalue weighted by Crippen LogP contribution is -2.22. The van der Waals surface area contributed by atoms with Crippen LogP contribution < -0.4 is 5.32 Å². The summed E-state index contributed by atoms with van der Waals surface area (Å²) in [5.74, 6) is 2.57. The molecular formula is C14H22N6. The van der Waals surface area contributed by atoms with Crippen molar-refractivity contribution in [1.29, 1.82) is 0 Å². The van der Waals surface area contributed by atoms with Gasteiger partial charge in [0.1, 0.15) is 11.6 Å². The van der Waals surface area contributed by atoms with E-state index in [2.05, 4.69) is 32.2 Å². The second kappa shape index (κ2) is 5.36. The molecule has 0 bridgehead atoms. The molecule has 6 nitrogen and oxygen atoms in total. The minimum Gasteiger partial charge on any atom is -0.372 e. The fraction of sp³-hybridized carbons (Fsp3) is 0.643. The zero-order chi connectivity index (χ0) is 14.1. The van der Waals surface area contributed by atoms with Crippen molar-refractivity contribution in [3.63, 3.8) is 0 Å². The first kappa shape index (κ1) is 13.3. The van der Waals surface area contributed by atoms with Crippen molar-refractivity contribution in [2.75, 3.05) is 25.5 Å². The number of likely N-dealkylation sites (tertiary alicyclic amines) is 1. The van der Waals surface area contributed by atoms with Crippen molar-refractivity contribution < 1.29 is 0 Å². The predicted molar refractivity (Wildman–Crippen MR) is 79.5 cm³/mol. The molecule has 1 N–H and O–H groups in total. The van der Waals surface area contributed by atoms with Gasteiger partial charge in [-0.05, 0) is 18.9 Å². The number of aromatic nitrogens is 4. The number of aryl methyl sites for hydroxylation is 1. The Labute approximate surface area is 119 Å². The molecule has 0 amide bonds. The minimum atomic E-state index is 0.826. The molecule has 0 saturated carbocycles. The van der Waals surface area contributed by atoms with Gasteiger partial charge in [-0.15, -0.1) is 0 Å². The van der Waals surface area contributed by atoms with Gasteiger partial charge in [0.05, 0.1) is 18.1 Å². The van der Waals surface area contributed by atoms with Crippen LogP contribution in [0.3, 0.4) is 0 Å². The van der Waals surface area contributed by atoms with E-state index in [1.807, 2.05) is 20.3 Å². The van der Waals surface area contributed by atoms with Crippen molar-refractivity contribution >= 4 is 16.9 Å². The van der Waals surface area contributed by atoms with Crippen molar-refractivity contribution in [3.05, 3.63) is 12.0 Å². The summed E-state index contributed by atoms with van der Waals surface area (Å²) < 4.78 is 1.81. The maximum Gasteiger partial charge on any atom is 0.163 e. The lowest BCUT2D eigenvalue weighted by atomic mass is 10.1. The summed E-state index contributed by atoms with van der Waals surface area (Å²) in [4.78, 5) is 11.7. The van der Waals surface area contributed by atoms with Crippen LogP contribution >= 0.6 is 0 Å². The van der Waals surface area contributed by atoms with Gasteiger partial charge in [0.25, 0.3) is 0 Å². The third-order valence-electron chi connectivity index (χ3n) is 4.19. The highest BCUT2D eigenvalue weighted by Crippen LogP contribution is 2.23. The highest BCUT2D eigenvalue weighted by molar-refractivity contribution is 5.86. The molecule has 1 aliphatic heterocycles. The summed E-state index contributed by atoms with van der Waals surface area (Å²) in [6.07, 6.45) is 4.37. The molecule has 3 rings (SSSR count). The maximum absolute atomic E-state index is 4.67. The number of hydrogen-bond donors (Lipinski definition) is 1. The molecule has 0 spiro atoms. The average molecular weight is 274 g/mol. The Morgan fingerprint density at radius 1 is 1.40 bits per heavy atom. The quantitative estimate of drug-likeness (QED) is 0.918. The van der Waals surface area contributed by atoms with E-state index in [1.54, 1.807) is 4.68 Å². The number of hydrogen-bond acceptors (Lipinski definition) is 5. The average Bonchev–Trinajstić information content (AvgIpc) is 3.06. The van der Waals surface area contributed by atoms with Crippen LogP contribution in [0.4, 0.5) is 5.82 Å². The van der Waals surface area contributed by atoms with E-state index in [9.17, 15) is 0 Å². The van der Waals surface area contributed by atoms with Gasteiger partial charge in [-0.25, -0.2) is 9.97 Å². The summed E-state index contributed by atoms with van der Waals surface area (Å²) >= 11 is 0. The second-order valence-corrected chi connectivity index (χ2v) is 5.54. The van der Waals surface area contributed by atoms with Gasteiger partial charge in [0.15, 0.2) is 5.65 Å². The summed E-state index contributed by atoms with van der Waals surface area (Å²) in [7, 11) is 3.81. The Balaban J connectivity index is 1.86. The zero-order valence-electron chi connectivity index (χ0n) is 12.4. The van der Waals surface area contributed by atoms with E-state index in [0.717, 1.165) is 48.2 Å². The van der Waals surface area contributed by atoms with E-state index in [-0.39, 0.29) is 0 Å². The van der Waals surface area contributed by atoms with Crippen molar-refractivity contribution in [2.24, 2.45) is 13.0 Å². The van der Waals surface area contributed by atoms with Crippen LogP contribution in [0.15, 0.2) is 6.20 Å². The van der Waals surface area contributed by atoms with E-state index < -0.39 is 0 Å². The lowest BCUT2D eigenvalue weighted by molar-refractivity contribution is 0.307. The first-order valence-electron chi connectivity index (χ1n) is 7.30. The minimum absolute atomic E-state index is 0.826. The molecule has 0 radical (unpaired) electrons. The number of nitrogens with one attached hydrogen (secondary N) is 1. The number of nitrogens with zero attached hydrogens (tertiary/aromatic N) is 5. The molecule has 20 heavy (non-hydrogen) atoms. The summed E-state index contributed by atoms with van der Waals surface area (Å²) in [5.41, 5.74) is 0.894. The smallest absolute Gasteiger partial charge is 0.163 e. The topological polar surface area (TPSA) is 58.9 Å². The number of rotatable bonds is 4. The van der Waals surface area contributed by atoms with Gasteiger partial charge in [0.2, 0.25) is 0 Å². The number of fused-ring (bicyclic) bond motifs is 1. The SMILES string of the molecule is CCC1CCN(Cc2nc(NC)c3cnn(C)c3n2)C1. The Morgan fingerprint density at radius 2 is 2.25 bits per heavy atom.